The Hall–Kier alpha value is -2.08. The van der Waals surface area contributed by atoms with Crippen LogP contribution >= 0.6 is 0 Å². The minimum Gasteiger partial charge on any atom is -0.355 e. The molecule has 0 radical (unpaired) electrons. The molecule has 1 saturated heterocycles. The van der Waals surface area contributed by atoms with Crippen LogP contribution in [0.4, 0.5) is 0 Å². The number of fused-ring (bicyclic) bond motifs is 1. The van der Waals surface area contributed by atoms with E-state index in [1.165, 1.54) is 6.42 Å². The molecule has 0 saturated carbocycles. The Labute approximate surface area is 135 Å². The van der Waals surface area contributed by atoms with Crippen LogP contribution < -0.4 is 16.3 Å². The number of nitrogens with one attached hydrogen (secondary N) is 2. The van der Waals surface area contributed by atoms with Gasteiger partial charge in [-0.3, -0.25) is 13.9 Å². The molecule has 23 heavy (non-hydrogen) atoms. The predicted octanol–water partition coefficient (Wildman–Crippen LogP) is 0.939. The molecule has 1 atom stereocenters. The van der Waals surface area contributed by atoms with Gasteiger partial charge in [0.05, 0.1) is 11.0 Å². The lowest BCUT2D eigenvalue weighted by Gasteiger charge is -2.09. The van der Waals surface area contributed by atoms with Gasteiger partial charge in [-0.2, -0.15) is 0 Å². The van der Waals surface area contributed by atoms with Crippen LogP contribution in [0.1, 0.15) is 19.8 Å². The summed E-state index contributed by atoms with van der Waals surface area (Å²) in [6.45, 7) is 5.40. The summed E-state index contributed by atoms with van der Waals surface area (Å²) in [6.07, 6.45) is 2.17. The van der Waals surface area contributed by atoms with Crippen LogP contribution in [-0.4, -0.2) is 34.7 Å². The number of hydrogen-bond acceptors (Lipinski definition) is 3. The van der Waals surface area contributed by atoms with E-state index in [9.17, 15) is 9.59 Å². The number of amides is 1. The third kappa shape index (κ3) is 3.32. The number of aryl methyl sites for hydroxylation is 1. The molecule has 124 valence electrons. The molecule has 1 aromatic carbocycles. The van der Waals surface area contributed by atoms with Gasteiger partial charge in [-0.15, -0.1) is 0 Å². The van der Waals surface area contributed by atoms with Gasteiger partial charge in [0.25, 0.3) is 0 Å². The Morgan fingerprint density at radius 1 is 1.30 bits per heavy atom. The first-order chi connectivity index (χ1) is 11.2. The van der Waals surface area contributed by atoms with Gasteiger partial charge in [0.2, 0.25) is 5.91 Å². The summed E-state index contributed by atoms with van der Waals surface area (Å²) in [7, 11) is 0. The summed E-state index contributed by atoms with van der Waals surface area (Å²) in [6, 6.07) is 7.61. The van der Waals surface area contributed by atoms with Gasteiger partial charge >= 0.3 is 5.69 Å². The average Bonchev–Trinajstić information content (AvgIpc) is 3.15. The summed E-state index contributed by atoms with van der Waals surface area (Å²) in [4.78, 5) is 24.7. The molecule has 0 aliphatic carbocycles. The largest absolute Gasteiger partial charge is 0.355 e. The van der Waals surface area contributed by atoms with Crippen molar-refractivity contribution < 1.29 is 4.79 Å². The Bertz CT molecular complexity index is 741. The third-order valence-corrected chi connectivity index (χ3v) is 4.58. The van der Waals surface area contributed by atoms with Crippen molar-refractivity contribution in [2.45, 2.75) is 32.9 Å². The topological polar surface area (TPSA) is 68.1 Å². The summed E-state index contributed by atoms with van der Waals surface area (Å²) in [5.74, 6) is 0.553. The molecule has 2 aromatic rings. The van der Waals surface area contributed by atoms with Crippen molar-refractivity contribution in [3.8, 4) is 0 Å². The van der Waals surface area contributed by atoms with E-state index < -0.39 is 0 Å². The van der Waals surface area contributed by atoms with Crippen molar-refractivity contribution in [2.75, 3.05) is 19.6 Å². The molecule has 3 rings (SSSR count). The van der Waals surface area contributed by atoms with Gasteiger partial charge < -0.3 is 10.6 Å². The molecule has 1 aliphatic rings. The number of aromatic nitrogens is 2. The summed E-state index contributed by atoms with van der Waals surface area (Å²) < 4.78 is 3.26. The molecule has 0 spiro atoms. The first-order valence-corrected chi connectivity index (χ1v) is 8.36. The number of rotatable bonds is 6. The molecule has 6 heteroatoms. The van der Waals surface area contributed by atoms with Crippen LogP contribution in [0.2, 0.25) is 0 Å². The Morgan fingerprint density at radius 3 is 2.70 bits per heavy atom. The summed E-state index contributed by atoms with van der Waals surface area (Å²) >= 11 is 0. The summed E-state index contributed by atoms with van der Waals surface area (Å²) in [5.41, 5.74) is 1.57. The fraction of sp³-hybridized carbons (Fsp3) is 0.529. The molecule has 6 nitrogen and oxygen atoms in total. The SMILES string of the molecule is CCn1c(=O)n(CC(=O)NCCC2CCNC2)c2ccccc21. The smallest absolute Gasteiger partial charge is 0.329 e. The van der Waals surface area contributed by atoms with Crippen molar-refractivity contribution >= 4 is 16.9 Å². The lowest BCUT2D eigenvalue weighted by Crippen LogP contribution is -2.34. The van der Waals surface area contributed by atoms with Crippen molar-refractivity contribution in [2.24, 2.45) is 5.92 Å². The molecule has 2 heterocycles. The number of hydrogen-bond donors (Lipinski definition) is 2. The average molecular weight is 316 g/mol. The number of para-hydroxylation sites is 2. The van der Waals surface area contributed by atoms with E-state index in [0.717, 1.165) is 30.5 Å². The number of imidazole rings is 1. The second kappa shape index (κ2) is 7.00. The van der Waals surface area contributed by atoms with Gasteiger partial charge in [0, 0.05) is 13.1 Å². The van der Waals surface area contributed by atoms with Crippen LogP contribution in [0.3, 0.4) is 0 Å². The predicted molar refractivity (Wildman–Crippen MR) is 90.5 cm³/mol. The Morgan fingerprint density at radius 2 is 2.04 bits per heavy atom. The van der Waals surface area contributed by atoms with Gasteiger partial charge in [-0.05, 0) is 50.9 Å². The maximum absolute atomic E-state index is 12.5. The zero-order valence-corrected chi connectivity index (χ0v) is 13.5. The number of carbonyl (C=O) groups is 1. The monoisotopic (exact) mass is 316 g/mol. The quantitative estimate of drug-likeness (QED) is 0.833. The van der Waals surface area contributed by atoms with Crippen LogP contribution in [-0.2, 0) is 17.9 Å². The van der Waals surface area contributed by atoms with Gasteiger partial charge in [-0.1, -0.05) is 12.1 Å². The second-order valence-electron chi connectivity index (χ2n) is 6.10. The number of benzene rings is 1. The van der Waals surface area contributed by atoms with Gasteiger partial charge in [0.15, 0.2) is 0 Å². The van der Waals surface area contributed by atoms with Crippen molar-refractivity contribution in [3.63, 3.8) is 0 Å². The zero-order valence-electron chi connectivity index (χ0n) is 13.5. The van der Waals surface area contributed by atoms with E-state index in [4.69, 9.17) is 0 Å². The van der Waals surface area contributed by atoms with Gasteiger partial charge in [-0.25, -0.2) is 4.79 Å². The van der Waals surface area contributed by atoms with E-state index in [1.807, 2.05) is 31.2 Å². The van der Waals surface area contributed by atoms with Gasteiger partial charge in [0.1, 0.15) is 6.54 Å². The minimum absolute atomic E-state index is 0.0786. The number of carbonyl (C=O) groups excluding carboxylic acids is 1. The van der Waals surface area contributed by atoms with Crippen molar-refractivity contribution in [1.29, 1.82) is 0 Å². The fourth-order valence-electron chi connectivity index (χ4n) is 3.31. The van der Waals surface area contributed by atoms with E-state index in [0.29, 0.717) is 19.0 Å². The molecule has 0 bridgehead atoms. The fourth-order valence-corrected chi connectivity index (χ4v) is 3.31. The molecule has 1 fully saturated rings. The van der Waals surface area contributed by atoms with Crippen LogP contribution in [0.25, 0.3) is 11.0 Å². The Kier molecular flexibility index (Phi) is 4.81. The number of nitrogens with zero attached hydrogens (tertiary/aromatic N) is 2. The first kappa shape index (κ1) is 15.8. The van der Waals surface area contributed by atoms with E-state index in [2.05, 4.69) is 10.6 Å². The van der Waals surface area contributed by atoms with E-state index >= 15 is 0 Å². The maximum atomic E-state index is 12.5. The highest BCUT2D eigenvalue weighted by Crippen LogP contribution is 2.13. The molecule has 1 unspecified atom stereocenters. The van der Waals surface area contributed by atoms with Crippen molar-refractivity contribution in [3.05, 3.63) is 34.7 Å². The minimum atomic E-state index is -0.121. The molecular formula is C17H24N4O2. The molecule has 2 N–H and O–H groups in total. The molecule has 1 aliphatic heterocycles. The van der Waals surface area contributed by atoms with E-state index in [-0.39, 0.29) is 18.1 Å². The Balaban J connectivity index is 1.67. The molecule has 1 aromatic heterocycles. The zero-order chi connectivity index (χ0) is 16.2. The van der Waals surface area contributed by atoms with E-state index in [1.54, 1.807) is 9.13 Å². The van der Waals surface area contributed by atoms with Crippen LogP contribution in [0.15, 0.2) is 29.1 Å². The highest BCUT2D eigenvalue weighted by atomic mass is 16.2. The highest BCUT2D eigenvalue weighted by molar-refractivity contribution is 5.80. The maximum Gasteiger partial charge on any atom is 0.329 e. The third-order valence-electron chi connectivity index (χ3n) is 4.58. The lowest BCUT2D eigenvalue weighted by molar-refractivity contribution is -0.121. The normalized spacial score (nSPS) is 17.7. The van der Waals surface area contributed by atoms with Crippen molar-refractivity contribution in [1.82, 2.24) is 19.8 Å². The second-order valence-corrected chi connectivity index (χ2v) is 6.10. The first-order valence-electron chi connectivity index (χ1n) is 8.36. The molecular weight excluding hydrogens is 292 g/mol. The summed E-state index contributed by atoms with van der Waals surface area (Å²) in [5, 5.41) is 6.27. The lowest BCUT2D eigenvalue weighted by atomic mass is 10.1. The standard InChI is InChI=1S/C17H24N4O2/c1-2-20-14-5-3-4-6-15(14)21(17(20)23)12-16(22)19-10-8-13-7-9-18-11-13/h3-6,13,18H,2,7-12H2,1H3,(H,19,22). The molecule has 1 amide bonds. The van der Waals surface area contributed by atoms with Crippen LogP contribution in [0, 0.1) is 5.92 Å². The van der Waals surface area contributed by atoms with Crippen LogP contribution in [0.5, 0.6) is 0 Å². The highest BCUT2D eigenvalue weighted by Gasteiger charge is 2.16.